The molecule has 0 aliphatic heterocycles. The third-order valence-corrected chi connectivity index (χ3v) is 5.80. The predicted octanol–water partition coefficient (Wildman–Crippen LogP) is 6.10. The molecule has 0 bridgehead atoms. The van der Waals surface area contributed by atoms with E-state index in [0.717, 1.165) is 50.8 Å². The highest BCUT2D eigenvalue weighted by Gasteiger charge is 2.11. The van der Waals surface area contributed by atoms with Crippen molar-refractivity contribution in [2.24, 2.45) is 0 Å². The molecule has 2 heterocycles. The standard InChI is InChI=1S/C24H23N3O2S/c1-3-4-14-29-19-10-7-17(8-11-19)22(28)26-20-12-9-18(15-16(20)2)23-27-21-6-5-13-25-24(21)30-23/h5-13,15H,3-4,14H2,1-2H3,(H,26,28). The van der Waals surface area contributed by atoms with Gasteiger partial charge in [-0.1, -0.05) is 24.7 Å². The van der Waals surface area contributed by atoms with Crippen molar-refractivity contribution in [2.75, 3.05) is 11.9 Å². The SMILES string of the molecule is CCCCOc1ccc(C(=O)Nc2ccc(-c3nc4cccnc4s3)cc2C)cc1. The van der Waals surface area contributed by atoms with Crippen LogP contribution in [0.2, 0.25) is 0 Å². The van der Waals surface area contributed by atoms with Crippen LogP contribution in [0.1, 0.15) is 35.7 Å². The molecule has 1 N–H and O–H groups in total. The fraction of sp³-hybridized carbons (Fsp3) is 0.208. The van der Waals surface area contributed by atoms with Gasteiger partial charge in [-0.2, -0.15) is 0 Å². The summed E-state index contributed by atoms with van der Waals surface area (Å²) in [5.41, 5.74) is 4.27. The normalized spacial score (nSPS) is 10.9. The molecule has 5 nitrogen and oxygen atoms in total. The van der Waals surface area contributed by atoms with Gasteiger partial charge < -0.3 is 10.1 Å². The first-order valence-corrected chi connectivity index (χ1v) is 10.8. The number of anilines is 1. The van der Waals surface area contributed by atoms with Crippen molar-refractivity contribution in [1.29, 1.82) is 0 Å². The maximum absolute atomic E-state index is 12.6. The van der Waals surface area contributed by atoms with Crippen molar-refractivity contribution < 1.29 is 9.53 Å². The Bertz CT molecular complexity index is 1140. The Morgan fingerprint density at radius 1 is 1.13 bits per heavy atom. The zero-order chi connectivity index (χ0) is 20.9. The highest BCUT2D eigenvalue weighted by atomic mass is 32.1. The Labute approximate surface area is 179 Å². The molecule has 0 atom stereocenters. The zero-order valence-corrected chi connectivity index (χ0v) is 17.8. The molecule has 0 aliphatic rings. The second-order valence-electron chi connectivity index (χ2n) is 7.06. The second kappa shape index (κ2) is 9.05. The number of fused-ring (bicyclic) bond motifs is 1. The monoisotopic (exact) mass is 417 g/mol. The Kier molecular flexibility index (Phi) is 6.05. The van der Waals surface area contributed by atoms with E-state index in [2.05, 4.69) is 22.2 Å². The Morgan fingerprint density at radius 2 is 1.97 bits per heavy atom. The molecule has 1 amide bonds. The molecule has 0 saturated carbocycles. The van der Waals surface area contributed by atoms with Crippen LogP contribution in [-0.4, -0.2) is 22.5 Å². The third-order valence-electron chi connectivity index (χ3n) is 4.77. The minimum Gasteiger partial charge on any atom is -0.494 e. The van der Waals surface area contributed by atoms with Gasteiger partial charge in [0.05, 0.1) is 6.61 Å². The number of hydrogen-bond donors (Lipinski definition) is 1. The van der Waals surface area contributed by atoms with Gasteiger partial charge in [-0.25, -0.2) is 9.97 Å². The van der Waals surface area contributed by atoms with Gasteiger partial charge in [-0.3, -0.25) is 4.79 Å². The molecule has 152 valence electrons. The summed E-state index contributed by atoms with van der Waals surface area (Å²) in [6.45, 7) is 4.80. The van der Waals surface area contributed by atoms with Crippen LogP contribution in [0.25, 0.3) is 20.9 Å². The van der Waals surface area contributed by atoms with E-state index in [1.54, 1.807) is 29.7 Å². The van der Waals surface area contributed by atoms with Crippen molar-refractivity contribution >= 4 is 33.3 Å². The van der Waals surface area contributed by atoms with E-state index in [9.17, 15) is 4.79 Å². The Balaban J connectivity index is 1.46. The van der Waals surface area contributed by atoms with Gasteiger partial charge in [-0.05, 0) is 73.5 Å². The first kappa shape index (κ1) is 20.0. The average molecular weight is 418 g/mol. The topological polar surface area (TPSA) is 64.1 Å². The zero-order valence-electron chi connectivity index (χ0n) is 17.0. The highest BCUT2D eigenvalue weighted by molar-refractivity contribution is 7.21. The molecule has 0 fully saturated rings. The van der Waals surface area contributed by atoms with Crippen LogP contribution in [0.3, 0.4) is 0 Å². The van der Waals surface area contributed by atoms with Crippen LogP contribution in [0.5, 0.6) is 5.75 Å². The Morgan fingerprint density at radius 3 is 2.70 bits per heavy atom. The maximum atomic E-state index is 12.6. The van der Waals surface area contributed by atoms with E-state index < -0.39 is 0 Å². The first-order chi connectivity index (χ1) is 14.6. The summed E-state index contributed by atoms with van der Waals surface area (Å²) in [6, 6.07) is 17.0. The lowest BCUT2D eigenvalue weighted by atomic mass is 10.1. The van der Waals surface area contributed by atoms with Crippen LogP contribution >= 0.6 is 11.3 Å². The molecular formula is C24H23N3O2S. The smallest absolute Gasteiger partial charge is 0.255 e. The fourth-order valence-electron chi connectivity index (χ4n) is 3.06. The number of thiazole rings is 1. The summed E-state index contributed by atoms with van der Waals surface area (Å²) in [5, 5.41) is 3.91. The number of rotatable bonds is 7. The second-order valence-corrected chi connectivity index (χ2v) is 8.03. The number of hydrogen-bond acceptors (Lipinski definition) is 5. The average Bonchev–Trinajstić information content (AvgIpc) is 3.20. The van der Waals surface area contributed by atoms with Gasteiger partial charge in [0, 0.05) is 23.0 Å². The molecule has 0 saturated heterocycles. The van der Waals surface area contributed by atoms with Crippen LogP contribution in [0, 0.1) is 6.92 Å². The molecule has 0 radical (unpaired) electrons. The van der Waals surface area contributed by atoms with Gasteiger partial charge in [-0.15, -0.1) is 0 Å². The van der Waals surface area contributed by atoms with E-state index in [1.165, 1.54) is 0 Å². The van der Waals surface area contributed by atoms with Crippen LogP contribution < -0.4 is 10.1 Å². The number of carbonyl (C=O) groups is 1. The maximum Gasteiger partial charge on any atom is 0.255 e. The van der Waals surface area contributed by atoms with Gasteiger partial charge >= 0.3 is 0 Å². The van der Waals surface area contributed by atoms with Gasteiger partial charge in [0.15, 0.2) is 0 Å². The minimum atomic E-state index is -0.143. The number of pyridine rings is 1. The van der Waals surface area contributed by atoms with Crippen LogP contribution in [-0.2, 0) is 0 Å². The van der Waals surface area contributed by atoms with E-state index in [0.29, 0.717) is 12.2 Å². The van der Waals surface area contributed by atoms with Crippen molar-refractivity contribution in [2.45, 2.75) is 26.7 Å². The molecule has 0 aliphatic carbocycles. The molecule has 0 spiro atoms. The molecule has 0 unspecified atom stereocenters. The number of nitrogens with zero attached hydrogens (tertiary/aromatic N) is 2. The fourth-order valence-corrected chi connectivity index (χ4v) is 3.97. The number of nitrogens with one attached hydrogen (secondary N) is 1. The summed E-state index contributed by atoms with van der Waals surface area (Å²) in [4.78, 5) is 22.6. The molecule has 30 heavy (non-hydrogen) atoms. The number of benzene rings is 2. The van der Waals surface area contributed by atoms with Crippen molar-refractivity contribution in [3.8, 4) is 16.3 Å². The largest absolute Gasteiger partial charge is 0.494 e. The molecule has 2 aromatic carbocycles. The highest BCUT2D eigenvalue weighted by Crippen LogP contribution is 2.31. The number of aromatic nitrogens is 2. The number of aryl methyl sites for hydroxylation is 1. The van der Waals surface area contributed by atoms with Gasteiger partial charge in [0.25, 0.3) is 5.91 Å². The lowest BCUT2D eigenvalue weighted by Crippen LogP contribution is -2.12. The van der Waals surface area contributed by atoms with E-state index in [-0.39, 0.29) is 5.91 Å². The quantitative estimate of drug-likeness (QED) is 0.369. The lowest BCUT2D eigenvalue weighted by molar-refractivity contribution is 0.102. The summed E-state index contributed by atoms with van der Waals surface area (Å²) in [6.07, 6.45) is 3.89. The van der Waals surface area contributed by atoms with Crippen molar-refractivity contribution in [1.82, 2.24) is 9.97 Å². The van der Waals surface area contributed by atoms with Crippen molar-refractivity contribution in [3.05, 3.63) is 71.9 Å². The van der Waals surface area contributed by atoms with E-state index in [4.69, 9.17) is 4.74 Å². The Hall–Kier alpha value is -3.25. The third kappa shape index (κ3) is 4.49. The van der Waals surface area contributed by atoms with E-state index >= 15 is 0 Å². The summed E-state index contributed by atoms with van der Waals surface area (Å²) >= 11 is 1.56. The van der Waals surface area contributed by atoms with Gasteiger partial charge in [0.2, 0.25) is 0 Å². The lowest BCUT2D eigenvalue weighted by Gasteiger charge is -2.10. The van der Waals surface area contributed by atoms with Crippen molar-refractivity contribution in [3.63, 3.8) is 0 Å². The number of unbranched alkanes of at least 4 members (excludes halogenated alkanes) is 1. The number of ether oxygens (including phenoxy) is 1. The van der Waals surface area contributed by atoms with E-state index in [1.807, 2.05) is 49.4 Å². The minimum absolute atomic E-state index is 0.143. The number of carbonyl (C=O) groups excluding carboxylic acids is 1. The van der Waals surface area contributed by atoms with Crippen LogP contribution in [0.15, 0.2) is 60.8 Å². The first-order valence-electron chi connectivity index (χ1n) is 10.0. The van der Waals surface area contributed by atoms with Crippen LogP contribution in [0.4, 0.5) is 5.69 Å². The molecule has 4 aromatic rings. The summed E-state index contributed by atoms with van der Waals surface area (Å²) < 4.78 is 5.65. The predicted molar refractivity (Wildman–Crippen MR) is 122 cm³/mol. The number of amides is 1. The van der Waals surface area contributed by atoms with Gasteiger partial charge in [0.1, 0.15) is 21.1 Å². The summed E-state index contributed by atoms with van der Waals surface area (Å²) in [5.74, 6) is 0.640. The molecule has 2 aromatic heterocycles. The molecule has 4 rings (SSSR count). The molecular weight excluding hydrogens is 394 g/mol. The molecule has 6 heteroatoms. The summed E-state index contributed by atoms with van der Waals surface area (Å²) in [7, 11) is 0.